The quantitative estimate of drug-likeness (QED) is 0.353. The molecule has 0 unspecified atom stereocenters. The number of ketones is 1. The molecular weight excluding hydrogens is 342 g/mol. The van der Waals surface area contributed by atoms with E-state index in [1.54, 1.807) is 12.1 Å². The van der Waals surface area contributed by atoms with Crippen LogP contribution in [0, 0.1) is 10.1 Å². The van der Waals surface area contributed by atoms with E-state index in [9.17, 15) is 14.9 Å². The van der Waals surface area contributed by atoms with Crippen molar-refractivity contribution in [3.63, 3.8) is 0 Å². The summed E-state index contributed by atoms with van der Waals surface area (Å²) in [4.78, 5) is 22.1. The van der Waals surface area contributed by atoms with Gasteiger partial charge in [-0.2, -0.15) is 0 Å². The molecule has 0 aromatic heterocycles. The number of hydrogen-bond acceptors (Lipinski definition) is 3. The molecule has 4 nitrogen and oxygen atoms in total. The first-order valence-corrected chi connectivity index (χ1v) is 6.77. The third-order valence-electron chi connectivity index (χ3n) is 2.07. The number of benzene rings is 1. The summed E-state index contributed by atoms with van der Waals surface area (Å²) in [5.74, 6) is -0.210. The number of nitrogens with zero attached hydrogens (tertiary/aromatic N) is 1. The molecular formula is C10H9Br2NO3. The molecule has 0 bridgehead atoms. The Labute approximate surface area is 109 Å². The third-order valence-corrected chi connectivity index (χ3v) is 3.07. The molecule has 0 fully saturated rings. The van der Waals surface area contributed by atoms with E-state index in [0.717, 1.165) is 0 Å². The molecule has 0 N–H and O–H groups in total. The Morgan fingerprint density at radius 3 is 2.56 bits per heavy atom. The molecule has 0 atom stereocenters. The lowest BCUT2D eigenvalue weighted by molar-refractivity contribution is -0.385. The highest BCUT2D eigenvalue weighted by atomic mass is 79.9. The molecule has 0 heterocycles. The molecule has 0 saturated heterocycles. The van der Waals surface area contributed by atoms with Crippen molar-refractivity contribution < 1.29 is 9.72 Å². The SMILES string of the molecule is O=C(CCBr)c1c(CBr)cccc1[N+](=O)[O-]. The van der Waals surface area contributed by atoms with Crippen molar-refractivity contribution in [3.8, 4) is 0 Å². The second kappa shape index (κ2) is 6.10. The Bertz CT molecular complexity index is 421. The lowest BCUT2D eigenvalue weighted by atomic mass is 10.0. The van der Waals surface area contributed by atoms with E-state index in [4.69, 9.17) is 0 Å². The topological polar surface area (TPSA) is 60.2 Å². The van der Waals surface area contributed by atoms with Gasteiger partial charge in [0.05, 0.1) is 10.5 Å². The zero-order valence-electron chi connectivity index (χ0n) is 8.28. The van der Waals surface area contributed by atoms with Gasteiger partial charge in [0.15, 0.2) is 5.78 Å². The van der Waals surface area contributed by atoms with Crippen LogP contribution in [-0.2, 0) is 5.33 Å². The van der Waals surface area contributed by atoms with Gasteiger partial charge in [-0.15, -0.1) is 0 Å². The van der Waals surface area contributed by atoms with Crippen molar-refractivity contribution >= 4 is 43.3 Å². The van der Waals surface area contributed by atoms with Gasteiger partial charge in [0.2, 0.25) is 0 Å². The maximum absolute atomic E-state index is 11.8. The molecule has 6 heteroatoms. The minimum atomic E-state index is -0.520. The highest BCUT2D eigenvalue weighted by molar-refractivity contribution is 9.09. The summed E-state index contributed by atoms with van der Waals surface area (Å²) >= 11 is 6.38. The van der Waals surface area contributed by atoms with Crippen LogP contribution in [0.1, 0.15) is 22.3 Å². The van der Waals surface area contributed by atoms with Gasteiger partial charge < -0.3 is 0 Å². The third kappa shape index (κ3) is 2.89. The minimum Gasteiger partial charge on any atom is -0.294 e. The number of nitro groups is 1. The maximum Gasteiger partial charge on any atom is 0.280 e. The smallest absolute Gasteiger partial charge is 0.280 e. The molecule has 1 aromatic carbocycles. The van der Waals surface area contributed by atoms with E-state index in [2.05, 4.69) is 31.9 Å². The lowest BCUT2D eigenvalue weighted by Crippen LogP contribution is -2.07. The standard InChI is InChI=1S/C10H9Br2NO3/c11-5-4-9(14)10-7(6-12)2-1-3-8(10)13(15)16/h1-3H,4-6H2. The largest absolute Gasteiger partial charge is 0.294 e. The van der Waals surface area contributed by atoms with Crippen molar-refractivity contribution in [2.45, 2.75) is 11.8 Å². The van der Waals surface area contributed by atoms with E-state index in [-0.39, 0.29) is 23.5 Å². The molecule has 1 aromatic rings. The number of carbonyl (C=O) groups excluding carboxylic acids is 1. The summed E-state index contributed by atoms with van der Waals surface area (Å²) in [5, 5.41) is 11.8. The molecule has 0 spiro atoms. The first kappa shape index (κ1) is 13.3. The number of Topliss-reactive ketones (excluding diaryl/α,β-unsaturated/α-hetero) is 1. The van der Waals surface area contributed by atoms with Crippen LogP contribution in [-0.4, -0.2) is 16.0 Å². The van der Waals surface area contributed by atoms with Crippen molar-refractivity contribution in [3.05, 3.63) is 39.4 Å². The summed E-state index contributed by atoms with van der Waals surface area (Å²) in [7, 11) is 0. The Morgan fingerprint density at radius 1 is 1.38 bits per heavy atom. The van der Waals surface area contributed by atoms with Crippen molar-refractivity contribution in [2.24, 2.45) is 0 Å². The number of halogens is 2. The predicted molar refractivity (Wildman–Crippen MR) is 68.5 cm³/mol. The van der Waals surface area contributed by atoms with E-state index in [1.165, 1.54) is 6.07 Å². The highest BCUT2D eigenvalue weighted by Crippen LogP contribution is 2.25. The molecule has 0 aliphatic carbocycles. The van der Waals surface area contributed by atoms with Gasteiger partial charge in [-0.25, -0.2) is 0 Å². The number of alkyl halides is 2. The number of nitro benzene ring substituents is 1. The zero-order valence-corrected chi connectivity index (χ0v) is 11.5. The second-order valence-corrected chi connectivity index (χ2v) is 4.42. The monoisotopic (exact) mass is 349 g/mol. The van der Waals surface area contributed by atoms with E-state index < -0.39 is 4.92 Å². The van der Waals surface area contributed by atoms with Crippen molar-refractivity contribution in [1.29, 1.82) is 0 Å². The number of hydrogen-bond donors (Lipinski definition) is 0. The molecule has 0 amide bonds. The van der Waals surface area contributed by atoms with Crippen LogP contribution in [0.4, 0.5) is 5.69 Å². The Hall–Kier alpha value is -0.750. The van der Waals surface area contributed by atoms with E-state index in [1.807, 2.05) is 0 Å². The maximum atomic E-state index is 11.8. The fourth-order valence-corrected chi connectivity index (χ4v) is 2.21. The van der Waals surface area contributed by atoms with Crippen LogP contribution in [0.15, 0.2) is 18.2 Å². The summed E-state index contributed by atoms with van der Waals surface area (Å²) in [6.45, 7) is 0. The Balaban J connectivity index is 3.30. The second-order valence-electron chi connectivity index (χ2n) is 3.06. The van der Waals surface area contributed by atoms with Crippen LogP contribution in [0.2, 0.25) is 0 Å². The van der Waals surface area contributed by atoms with Crippen LogP contribution in [0.25, 0.3) is 0 Å². The summed E-state index contributed by atoms with van der Waals surface area (Å²) in [6, 6.07) is 4.65. The normalized spacial score (nSPS) is 10.1. The molecule has 1 rings (SSSR count). The zero-order chi connectivity index (χ0) is 12.1. The van der Waals surface area contributed by atoms with Crippen LogP contribution in [0.3, 0.4) is 0 Å². The summed E-state index contributed by atoms with van der Waals surface area (Å²) < 4.78 is 0. The first-order valence-electron chi connectivity index (χ1n) is 4.53. The van der Waals surface area contributed by atoms with Gasteiger partial charge in [-0.1, -0.05) is 44.0 Å². The molecule has 0 radical (unpaired) electrons. The molecule has 16 heavy (non-hydrogen) atoms. The average molecular weight is 351 g/mol. The van der Waals surface area contributed by atoms with Crippen LogP contribution >= 0.6 is 31.9 Å². The highest BCUT2D eigenvalue weighted by Gasteiger charge is 2.22. The lowest BCUT2D eigenvalue weighted by Gasteiger charge is -2.05. The number of rotatable bonds is 5. The van der Waals surface area contributed by atoms with Gasteiger partial charge in [0.1, 0.15) is 0 Å². The first-order chi connectivity index (χ1) is 7.61. The fourth-order valence-electron chi connectivity index (χ4n) is 1.38. The van der Waals surface area contributed by atoms with Gasteiger partial charge in [-0.3, -0.25) is 14.9 Å². The molecule has 0 aliphatic heterocycles. The number of carbonyl (C=O) groups is 1. The minimum absolute atomic E-state index is 0.122. The van der Waals surface area contributed by atoms with Crippen molar-refractivity contribution in [2.75, 3.05) is 5.33 Å². The summed E-state index contributed by atoms with van der Waals surface area (Å²) in [6.07, 6.45) is 0.255. The van der Waals surface area contributed by atoms with Crippen molar-refractivity contribution in [1.82, 2.24) is 0 Å². The summed E-state index contributed by atoms with van der Waals surface area (Å²) in [5.41, 5.74) is 0.742. The Morgan fingerprint density at radius 2 is 2.06 bits per heavy atom. The molecule has 86 valence electrons. The predicted octanol–water partition coefficient (Wildman–Crippen LogP) is 3.46. The fraction of sp³-hybridized carbons (Fsp3) is 0.300. The molecule has 0 saturated carbocycles. The Kier molecular flexibility index (Phi) is 5.08. The van der Waals surface area contributed by atoms with E-state index in [0.29, 0.717) is 16.2 Å². The van der Waals surface area contributed by atoms with Gasteiger partial charge in [-0.05, 0) is 5.56 Å². The van der Waals surface area contributed by atoms with Crippen LogP contribution in [0.5, 0.6) is 0 Å². The van der Waals surface area contributed by atoms with Gasteiger partial charge >= 0.3 is 0 Å². The van der Waals surface area contributed by atoms with E-state index >= 15 is 0 Å². The van der Waals surface area contributed by atoms with Gasteiger partial charge in [0.25, 0.3) is 5.69 Å². The molecule has 0 aliphatic rings. The average Bonchev–Trinajstić information content (AvgIpc) is 2.28. The van der Waals surface area contributed by atoms with Gasteiger partial charge in [0, 0.05) is 23.1 Å². The van der Waals surface area contributed by atoms with Crippen LogP contribution < -0.4 is 0 Å².